The molecule has 88 valence electrons. The molecule has 5 nitrogen and oxygen atoms in total. The molecule has 1 aromatic heterocycles. The number of nitrogens with zero attached hydrogens (tertiary/aromatic N) is 3. The van der Waals surface area contributed by atoms with Crippen LogP contribution in [0.4, 0.5) is 5.69 Å². The molecule has 1 aliphatic heterocycles. The van der Waals surface area contributed by atoms with E-state index in [-0.39, 0.29) is 6.10 Å². The number of para-hydroxylation sites is 1. The normalized spacial score (nSPS) is 19.0. The van der Waals surface area contributed by atoms with Gasteiger partial charge in [0.2, 0.25) is 0 Å². The van der Waals surface area contributed by atoms with Gasteiger partial charge in [0.25, 0.3) is 0 Å². The predicted octanol–water partition coefficient (Wildman–Crippen LogP) is 0.834. The predicted molar refractivity (Wildman–Crippen MR) is 64.2 cm³/mol. The van der Waals surface area contributed by atoms with Crippen molar-refractivity contribution in [2.75, 3.05) is 5.73 Å². The Morgan fingerprint density at radius 2 is 2.18 bits per heavy atom. The highest BCUT2D eigenvalue weighted by Gasteiger charge is 2.20. The minimum Gasteiger partial charge on any atom is -0.398 e. The number of nitrogens with two attached hydrogens (primary N) is 1. The van der Waals surface area contributed by atoms with Crippen LogP contribution in [0.15, 0.2) is 24.3 Å². The molecule has 0 bridgehead atoms. The Morgan fingerprint density at radius 3 is 3.00 bits per heavy atom. The van der Waals surface area contributed by atoms with Crippen LogP contribution in [0.5, 0.6) is 0 Å². The number of rotatable bonds is 1. The summed E-state index contributed by atoms with van der Waals surface area (Å²) in [6, 6.07) is 7.55. The number of nitrogen functional groups attached to an aromatic ring is 1. The van der Waals surface area contributed by atoms with E-state index >= 15 is 0 Å². The van der Waals surface area contributed by atoms with E-state index in [0.717, 1.165) is 24.4 Å². The number of anilines is 1. The topological polar surface area (TPSA) is 77.0 Å². The van der Waals surface area contributed by atoms with Crippen molar-refractivity contribution in [2.24, 2.45) is 0 Å². The van der Waals surface area contributed by atoms with E-state index in [1.54, 1.807) is 0 Å². The molecule has 0 radical (unpaired) electrons. The van der Waals surface area contributed by atoms with Crippen molar-refractivity contribution < 1.29 is 5.11 Å². The molecule has 0 saturated heterocycles. The van der Waals surface area contributed by atoms with Gasteiger partial charge in [0.1, 0.15) is 5.82 Å². The Bertz CT molecular complexity index is 549. The zero-order chi connectivity index (χ0) is 11.8. The second-order valence-corrected chi connectivity index (χ2v) is 4.31. The number of aryl methyl sites for hydroxylation is 1. The van der Waals surface area contributed by atoms with Crippen LogP contribution in [0.1, 0.15) is 12.2 Å². The molecule has 2 aromatic rings. The third-order valence-corrected chi connectivity index (χ3v) is 3.04. The third kappa shape index (κ3) is 1.78. The van der Waals surface area contributed by atoms with Crippen LogP contribution >= 0.6 is 0 Å². The number of aromatic nitrogens is 3. The number of aliphatic hydroxyl groups excluding tert-OH is 1. The maximum Gasteiger partial charge on any atom is 0.183 e. The molecule has 0 saturated carbocycles. The molecule has 0 amide bonds. The van der Waals surface area contributed by atoms with Gasteiger partial charge in [0.05, 0.1) is 6.10 Å². The SMILES string of the molecule is Nc1ccccc1-c1nc2n(n1)CCC(O)C2. The van der Waals surface area contributed by atoms with E-state index in [4.69, 9.17) is 5.73 Å². The fraction of sp³-hybridized carbons (Fsp3) is 0.333. The summed E-state index contributed by atoms with van der Waals surface area (Å²) >= 11 is 0. The van der Waals surface area contributed by atoms with Crippen LogP contribution in [-0.2, 0) is 13.0 Å². The van der Waals surface area contributed by atoms with Crippen LogP contribution in [0.3, 0.4) is 0 Å². The Kier molecular flexibility index (Phi) is 2.33. The lowest BCUT2D eigenvalue weighted by Crippen LogP contribution is -2.23. The monoisotopic (exact) mass is 230 g/mol. The lowest BCUT2D eigenvalue weighted by molar-refractivity contribution is 0.138. The summed E-state index contributed by atoms with van der Waals surface area (Å²) in [7, 11) is 0. The summed E-state index contributed by atoms with van der Waals surface area (Å²) in [5, 5.41) is 14.0. The second kappa shape index (κ2) is 3.85. The summed E-state index contributed by atoms with van der Waals surface area (Å²) in [5.74, 6) is 1.48. The highest BCUT2D eigenvalue weighted by atomic mass is 16.3. The lowest BCUT2D eigenvalue weighted by atomic mass is 10.1. The summed E-state index contributed by atoms with van der Waals surface area (Å²) in [6.45, 7) is 0.718. The first-order valence-corrected chi connectivity index (χ1v) is 5.70. The van der Waals surface area contributed by atoms with Gasteiger partial charge in [-0.2, -0.15) is 5.10 Å². The van der Waals surface area contributed by atoms with Crippen LogP contribution < -0.4 is 5.73 Å². The molecule has 17 heavy (non-hydrogen) atoms. The minimum absolute atomic E-state index is 0.298. The van der Waals surface area contributed by atoms with Crippen molar-refractivity contribution >= 4 is 5.69 Å². The first-order chi connectivity index (χ1) is 8.24. The molecule has 0 spiro atoms. The van der Waals surface area contributed by atoms with Crippen LogP contribution in [0.2, 0.25) is 0 Å². The van der Waals surface area contributed by atoms with Gasteiger partial charge in [-0.05, 0) is 18.6 Å². The molecule has 1 atom stereocenters. The summed E-state index contributed by atoms with van der Waals surface area (Å²) < 4.78 is 1.86. The number of aliphatic hydroxyl groups is 1. The van der Waals surface area contributed by atoms with Crippen molar-refractivity contribution in [1.82, 2.24) is 14.8 Å². The average molecular weight is 230 g/mol. The van der Waals surface area contributed by atoms with Crippen molar-refractivity contribution in [3.05, 3.63) is 30.1 Å². The number of hydrogen-bond acceptors (Lipinski definition) is 4. The molecular weight excluding hydrogens is 216 g/mol. The molecular formula is C12H14N4O. The highest BCUT2D eigenvalue weighted by molar-refractivity contribution is 5.70. The molecule has 0 fully saturated rings. The number of fused-ring (bicyclic) bond motifs is 1. The third-order valence-electron chi connectivity index (χ3n) is 3.04. The lowest BCUT2D eigenvalue weighted by Gasteiger charge is -2.16. The van der Waals surface area contributed by atoms with Gasteiger partial charge in [-0.15, -0.1) is 0 Å². The Morgan fingerprint density at radius 1 is 1.35 bits per heavy atom. The van der Waals surface area contributed by atoms with Gasteiger partial charge >= 0.3 is 0 Å². The van der Waals surface area contributed by atoms with Gasteiger partial charge < -0.3 is 10.8 Å². The smallest absolute Gasteiger partial charge is 0.183 e. The van der Waals surface area contributed by atoms with Gasteiger partial charge in [-0.1, -0.05) is 12.1 Å². The van der Waals surface area contributed by atoms with Gasteiger partial charge in [-0.3, -0.25) is 0 Å². The summed E-state index contributed by atoms with van der Waals surface area (Å²) in [6.07, 6.45) is 1.01. The maximum absolute atomic E-state index is 9.58. The highest BCUT2D eigenvalue weighted by Crippen LogP contribution is 2.24. The maximum atomic E-state index is 9.58. The molecule has 3 rings (SSSR count). The first kappa shape index (κ1) is 10.3. The minimum atomic E-state index is -0.298. The number of benzene rings is 1. The molecule has 0 aliphatic carbocycles. The van der Waals surface area contributed by atoms with Crippen LogP contribution in [-0.4, -0.2) is 26.0 Å². The van der Waals surface area contributed by atoms with E-state index in [0.29, 0.717) is 17.9 Å². The van der Waals surface area contributed by atoms with E-state index in [9.17, 15) is 5.11 Å². The Hall–Kier alpha value is -1.88. The number of hydrogen-bond donors (Lipinski definition) is 2. The van der Waals surface area contributed by atoms with E-state index in [2.05, 4.69) is 10.1 Å². The van der Waals surface area contributed by atoms with Gasteiger partial charge in [-0.25, -0.2) is 9.67 Å². The van der Waals surface area contributed by atoms with Crippen LogP contribution in [0, 0.1) is 0 Å². The van der Waals surface area contributed by atoms with Crippen molar-refractivity contribution in [3.63, 3.8) is 0 Å². The Balaban J connectivity index is 2.03. The van der Waals surface area contributed by atoms with Gasteiger partial charge in [0, 0.05) is 24.2 Å². The van der Waals surface area contributed by atoms with E-state index in [1.165, 1.54) is 0 Å². The molecule has 1 aliphatic rings. The van der Waals surface area contributed by atoms with E-state index < -0.39 is 0 Å². The standard InChI is InChI=1S/C12H14N4O/c13-10-4-2-1-3-9(10)12-14-11-7-8(17)5-6-16(11)15-12/h1-4,8,17H,5-7,13H2. The average Bonchev–Trinajstić information content (AvgIpc) is 2.72. The van der Waals surface area contributed by atoms with E-state index in [1.807, 2.05) is 28.9 Å². The zero-order valence-corrected chi connectivity index (χ0v) is 9.37. The van der Waals surface area contributed by atoms with Crippen molar-refractivity contribution in [1.29, 1.82) is 0 Å². The zero-order valence-electron chi connectivity index (χ0n) is 9.37. The quantitative estimate of drug-likeness (QED) is 0.711. The second-order valence-electron chi connectivity index (χ2n) is 4.31. The molecule has 3 N–H and O–H groups in total. The molecule has 2 heterocycles. The fourth-order valence-electron chi connectivity index (χ4n) is 2.10. The first-order valence-electron chi connectivity index (χ1n) is 5.70. The van der Waals surface area contributed by atoms with Gasteiger partial charge in [0.15, 0.2) is 5.82 Å². The van der Waals surface area contributed by atoms with Crippen molar-refractivity contribution in [2.45, 2.75) is 25.5 Å². The molecule has 1 aromatic carbocycles. The van der Waals surface area contributed by atoms with Crippen molar-refractivity contribution in [3.8, 4) is 11.4 Å². The summed E-state index contributed by atoms with van der Waals surface area (Å²) in [5.41, 5.74) is 7.43. The molecule has 1 unspecified atom stereocenters. The largest absolute Gasteiger partial charge is 0.398 e. The Labute approximate surface area is 98.9 Å². The summed E-state index contributed by atoms with van der Waals surface area (Å²) in [4.78, 5) is 4.44. The van der Waals surface area contributed by atoms with Crippen LogP contribution in [0.25, 0.3) is 11.4 Å². The fourth-order valence-corrected chi connectivity index (χ4v) is 2.10. The molecule has 5 heteroatoms.